The van der Waals surface area contributed by atoms with Crippen molar-refractivity contribution in [2.24, 2.45) is 4.99 Å². The number of rotatable bonds is 6. The SMILES string of the molecule is CCNC(=NCc1ccc(F)cc1)NCc1cccc(OC)n1. The van der Waals surface area contributed by atoms with E-state index in [9.17, 15) is 4.39 Å². The van der Waals surface area contributed by atoms with E-state index >= 15 is 0 Å². The lowest BCUT2D eigenvalue weighted by molar-refractivity contribution is 0.396. The van der Waals surface area contributed by atoms with Gasteiger partial charge >= 0.3 is 0 Å². The van der Waals surface area contributed by atoms with Gasteiger partial charge in [-0.25, -0.2) is 14.4 Å². The van der Waals surface area contributed by atoms with Crippen LogP contribution in [-0.4, -0.2) is 24.6 Å². The van der Waals surface area contributed by atoms with Gasteiger partial charge in [-0.05, 0) is 30.7 Å². The lowest BCUT2D eigenvalue weighted by atomic mass is 10.2. The Morgan fingerprint density at radius 1 is 1.17 bits per heavy atom. The molecule has 0 saturated carbocycles. The van der Waals surface area contributed by atoms with Gasteiger partial charge in [-0.15, -0.1) is 0 Å². The highest BCUT2D eigenvalue weighted by Crippen LogP contribution is 2.06. The largest absolute Gasteiger partial charge is 0.481 e. The van der Waals surface area contributed by atoms with Crippen LogP contribution in [0.25, 0.3) is 0 Å². The number of guanidine groups is 1. The average molecular weight is 316 g/mol. The molecule has 1 heterocycles. The zero-order valence-electron chi connectivity index (χ0n) is 13.3. The van der Waals surface area contributed by atoms with Crippen LogP contribution in [0.1, 0.15) is 18.2 Å². The zero-order chi connectivity index (χ0) is 16.5. The standard InChI is InChI=1S/C17H21FN4O/c1-3-19-17(20-11-13-7-9-14(18)10-8-13)21-12-15-5-4-6-16(22-15)23-2/h4-10H,3,11-12H2,1-2H3,(H2,19,20,21). The summed E-state index contributed by atoms with van der Waals surface area (Å²) in [5, 5.41) is 6.39. The minimum absolute atomic E-state index is 0.244. The molecule has 23 heavy (non-hydrogen) atoms. The van der Waals surface area contributed by atoms with Gasteiger partial charge < -0.3 is 15.4 Å². The summed E-state index contributed by atoms with van der Waals surface area (Å²) in [6.45, 7) is 3.76. The molecule has 0 amide bonds. The van der Waals surface area contributed by atoms with Gasteiger partial charge in [0.05, 0.1) is 25.9 Å². The molecular weight excluding hydrogens is 295 g/mol. The van der Waals surface area contributed by atoms with E-state index in [1.54, 1.807) is 25.3 Å². The number of halogens is 1. The molecule has 0 unspecified atom stereocenters. The monoisotopic (exact) mass is 316 g/mol. The summed E-state index contributed by atoms with van der Waals surface area (Å²) in [4.78, 5) is 8.83. The van der Waals surface area contributed by atoms with Crippen LogP contribution in [0.3, 0.4) is 0 Å². The maximum absolute atomic E-state index is 12.9. The molecule has 1 aromatic heterocycles. The Balaban J connectivity index is 1.96. The van der Waals surface area contributed by atoms with Crippen molar-refractivity contribution in [2.45, 2.75) is 20.0 Å². The summed E-state index contributed by atoms with van der Waals surface area (Å²) < 4.78 is 18.0. The molecule has 2 aromatic rings. The van der Waals surface area contributed by atoms with Gasteiger partial charge in [0, 0.05) is 12.6 Å². The fourth-order valence-corrected chi connectivity index (χ4v) is 1.95. The molecule has 0 aliphatic rings. The summed E-state index contributed by atoms with van der Waals surface area (Å²) in [5.41, 5.74) is 1.81. The first-order chi connectivity index (χ1) is 11.2. The first-order valence-electron chi connectivity index (χ1n) is 7.48. The maximum atomic E-state index is 12.9. The van der Waals surface area contributed by atoms with E-state index in [1.807, 2.05) is 19.1 Å². The summed E-state index contributed by atoms with van der Waals surface area (Å²) in [5.74, 6) is 1.02. The van der Waals surface area contributed by atoms with E-state index in [2.05, 4.69) is 20.6 Å². The number of hydrogen-bond acceptors (Lipinski definition) is 3. The van der Waals surface area contributed by atoms with E-state index < -0.39 is 0 Å². The van der Waals surface area contributed by atoms with Gasteiger partial charge in [-0.2, -0.15) is 0 Å². The first-order valence-corrected chi connectivity index (χ1v) is 7.48. The van der Waals surface area contributed by atoms with Gasteiger partial charge in [-0.1, -0.05) is 18.2 Å². The van der Waals surface area contributed by atoms with Gasteiger partial charge in [0.15, 0.2) is 5.96 Å². The Labute approximate surface area is 135 Å². The van der Waals surface area contributed by atoms with Crippen molar-refractivity contribution < 1.29 is 9.13 Å². The van der Waals surface area contributed by atoms with Crippen LogP contribution in [-0.2, 0) is 13.1 Å². The van der Waals surface area contributed by atoms with E-state index in [4.69, 9.17) is 4.74 Å². The molecule has 0 radical (unpaired) electrons. The molecule has 1 aromatic carbocycles. The molecule has 0 bridgehead atoms. The molecule has 5 nitrogen and oxygen atoms in total. The van der Waals surface area contributed by atoms with E-state index in [1.165, 1.54) is 12.1 Å². The van der Waals surface area contributed by atoms with Gasteiger partial charge in [0.25, 0.3) is 0 Å². The van der Waals surface area contributed by atoms with Crippen LogP contribution in [0.15, 0.2) is 47.5 Å². The van der Waals surface area contributed by atoms with Crippen LogP contribution in [0.4, 0.5) is 4.39 Å². The number of aromatic nitrogens is 1. The number of nitrogens with one attached hydrogen (secondary N) is 2. The molecule has 122 valence electrons. The van der Waals surface area contributed by atoms with Crippen LogP contribution in [0.2, 0.25) is 0 Å². The van der Waals surface area contributed by atoms with Gasteiger partial charge in [0.1, 0.15) is 5.82 Å². The Kier molecular flexibility index (Phi) is 6.35. The predicted octanol–water partition coefficient (Wildman–Crippen LogP) is 2.48. The predicted molar refractivity (Wildman–Crippen MR) is 88.8 cm³/mol. The van der Waals surface area contributed by atoms with Gasteiger partial charge in [-0.3, -0.25) is 0 Å². The van der Waals surface area contributed by atoms with E-state index in [0.717, 1.165) is 17.8 Å². The van der Waals surface area contributed by atoms with Crippen molar-refractivity contribution in [3.63, 3.8) is 0 Å². The molecule has 0 atom stereocenters. The summed E-state index contributed by atoms with van der Waals surface area (Å²) in [6.07, 6.45) is 0. The average Bonchev–Trinajstić information content (AvgIpc) is 2.59. The first kappa shape index (κ1) is 16.7. The Bertz CT molecular complexity index is 643. The molecular formula is C17H21FN4O. The summed E-state index contributed by atoms with van der Waals surface area (Å²) in [6, 6.07) is 11.9. The minimum Gasteiger partial charge on any atom is -0.481 e. The van der Waals surface area contributed by atoms with Crippen molar-refractivity contribution in [1.29, 1.82) is 0 Å². The molecule has 0 saturated heterocycles. The Morgan fingerprint density at radius 3 is 2.65 bits per heavy atom. The molecule has 0 aliphatic heterocycles. The molecule has 2 N–H and O–H groups in total. The van der Waals surface area contributed by atoms with Crippen molar-refractivity contribution in [2.75, 3.05) is 13.7 Å². The summed E-state index contributed by atoms with van der Waals surface area (Å²) in [7, 11) is 1.59. The summed E-state index contributed by atoms with van der Waals surface area (Å²) >= 11 is 0. The highest BCUT2D eigenvalue weighted by molar-refractivity contribution is 5.79. The van der Waals surface area contributed by atoms with Crippen LogP contribution < -0.4 is 15.4 Å². The maximum Gasteiger partial charge on any atom is 0.213 e. The number of ether oxygens (including phenoxy) is 1. The molecule has 6 heteroatoms. The third-order valence-electron chi connectivity index (χ3n) is 3.10. The minimum atomic E-state index is -0.244. The topological polar surface area (TPSA) is 58.5 Å². The number of benzene rings is 1. The second-order valence-corrected chi connectivity index (χ2v) is 4.85. The highest BCUT2D eigenvalue weighted by atomic mass is 19.1. The third kappa shape index (κ3) is 5.58. The van der Waals surface area contributed by atoms with Crippen molar-refractivity contribution >= 4 is 5.96 Å². The third-order valence-corrected chi connectivity index (χ3v) is 3.10. The molecule has 2 rings (SSSR count). The Hall–Kier alpha value is -2.63. The fraction of sp³-hybridized carbons (Fsp3) is 0.294. The van der Waals surface area contributed by atoms with Crippen molar-refractivity contribution in [1.82, 2.24) is 15.6 Å². The lowest BCUT2D eigenvalue weighted by Crippen LogP contribution is -2.37. The molecule has 0 aliphatic carbocycles. The quantitative estimate of drug-likeness (QED) is 0.635. The van der Waals surface area contributed by atoms with Crippen LogP contribution in [0, 0.1) is 5.82 Å². The van der Waals surface area contributed by atoms with Gasteiger partial charge in [0.2, 0.25) is 5.88 Å². The normalized spacial score (nSPS) is 11.2. The van der Waals surface area contributed by atoms with Crippen molar-refractivity contribution in [3.8, 4) is 5.88 Å². The van der Waals surface area contributed by atoms with E-state index in [0.29, 0.717) is 24.9 Å². The Morgan fingerprint density at radius 2 is 1.96 bits per heavy atom. The number of methoxy groups -OCH3 is 1. The highest BCUT2D eigenvalue weighted by Gasteiger charge is 2.01. The number of aliphatic imine (C=N–C) groups is 1. The zero-order valence-corrected chi connectivity index (χ0v) is 13.3. The smallest absolute Gasteiger partial charge is 0.213 e. The molecule has 0 fully saturated rings. The van der Waals surface area contributed by atoms with E-state index in [-0.39, 0.29) is 5.82 Å². The van der Waals surface area contributed by atoms with Crippen LogP contribution in [0.5, 0.6) is 5.88 Å². The fourth-order valence-electron chi connectivity index (χ4n) is 1.95. The lowest BCUT2D eigenvalue weighted by Gasteiger charge is -2.11. The number of nitrogens with zero attached hydrogens (tertiary/aromatic N) is 2. The molecule has 0 spiro atoms. The van der Waals surface area contributed by atoms with Crippen LogP contribution >= 0.6 is 0 Å². The second kappa shape index (κ2) is 8.73. The second-order valence-electron chi connectivity index (χ2n) is 4.85. The van der Waals surface area contributed by atoms with Crippen molar-refractivity contribution in [3.05, 3.63) is 59.5 Å². The number of pyridine rings is 1. The number of hydrogen-bond donors (Lipinski definition) is 2.